The number of carbonyl (C=O) groups excluding carboxylic acids is 1. The fraction of sp³-hybridized carbons (Fsp3) is 0.833. The molecular formula is C30H48O3. The lowest BCUT2D eigenvalue weighted by Crippen LogP contribution is -2.53. The van der Waals surface area contributed by atoms with E-state index in [0.717, 1.165) is 25.7 Å². The summed E-state index contributed by atoms with van der Waals surface area (Å²) >= 11 is 0. The quantitative estimate of drug-likeness (QED) is 0.488. The van der Waals surface area contributed by atoms with Gasteiger partial charge in [-0.3, -0.25) is 4.79 Å². The van der Waals surface area contributed by atoms with Gasteiger partial charge in [0.05, 0.1) is 11.7 Å². The van der Waals surface area contributed by atoms with Crippen LogP contribution in [0.25, 0.3) is 0 Å². The average Bonchev–Trinajstić information content (AvgIpc) is 3.00. The molecule has 0 aromatic carbocycles. The number of allylic oxidation sites excluding steroid dienone is 4. The predicted octanol–water partition coefficient (Wildman–Crippen LogP) is 6.63. The Hall–Kier alpha value is -0.930. The number of Topliss-reactive ketones (excluding diaryl/α,β-unsaturated/α-hetero) is 1. The van der Waals surface area contributed by atoms with Crippen LogP contribution in [0.4, 0.5) is 0 Å². The summed E-state index contributed by atoms with van der Waals surface area (Å²) in [6.45, 7) is 17.6. The van der Waals surface area contributed by atoms with Crippen LogP contribution in [0.2, 0.25) is 0 Å². The Morgan fingerprint density at radius 1 is 1.06 bits per heavy atom. The van der Waals surface area contributed by atoms with E-state index in [-0.39, 0.29) is 21.7 Å². The number of fused-ring (bicyclic) bond motifs is 5. The summed E-state index contributed by atoms with van der Waals surface area (Å²) in [7, 11) is 0. The predicted molar refractivity (Wildman–Crippen MR) is 135 cm³/mol. The summed E-state index contributed by atoms with van der Waals surface area (Å²) in [4.78, 5) is 12.8. The maximum Gasteiger partial charge on any atom is 0.138 e. The molecule has 3 heteroatoms. The molecule has 0 radical (unpaired) electrons. The summed E-state index contributed by atoms with van der Waals surface area (Å²) in [5.74, 6) is 1.97. The van der Waals surface area contributed by atoms with E-state index in [1.54, 1.807) is 25.0 Å². The monoisotopic (exact) mass is 456 g/mol. The van der Waals surface area contributed by atoms with Crippen molar-refractivity contribution < 1.29 is 15.0 Å². The first kappa shape index (κ1) is 25.2. The van der Waals surface area contributed by atoms with Gasteiger partial charge in [0.1, 0.15) is 5.78 Å². The smallest absolute Gasteiger partial charge is 0.138 e. The Morgan fingerprint density at radius 2 is 1.73 bits per heavy atom. The van der Waals surface area contributed by atoms with Crippen molar-refractivity contribution >= 4 is 5.78 Å². The van der Waals surface area contributed by atoms with E-state index in [0.29, 0.717) is 36.4 Å². The van der Waals surface area contributed by atoms with Crippen molar-refractivity contribution in [2.24, 2.45) is 39.4 Å². The minimum Gasteiger partial charge on any atom is -0.390 e. The number of aliphatic hydroxyl groups excluding tert-OH is 1. The number of hydrogen-bond donors (Lipinski definition) is 2. The highest BCUT2D eigenvalue weighted by molar-refractivity contribution is 5.86. The number of ketones is 1. The fourth-order valence-corrected chi connectivity index (χ4v) is 8.73. The van der Waals surface area contributed by atoms with Crippen LogP contribution >= 0.6 is 0 Å². The van der Waals surface area contributed by atoms with E-state index in [1.165, 1.54) is 12.8 Å². The van der Waals surface area contributed by atoms with Crippen LogP contribution in [0, 0.1) is 39.4 Å². The fourth-order valence-electron chi connectivity index (χ4n) is 8.73. The van der Waals surface area contributed by atoms with Gasteiger partial charge in [-0.25, -0.2) is 0 Å². The maximum atomic E-state index is 12.8. The molecule has 33 heavy (non-hydrogen) atoms. The van der Waals surface area contributed by atoms with Gasteiger partial charge in [-0.2, -0.15) is 0 Å². The van der Waals surface area contributed by atoms with Crippen LogP contribution in [0.3, 0.4) is 0 Å². The minimum absolute atomic E-state index is 0.104. The molecule has 2 fully saturated rings. The second-order valence-corrected chi connectivity index (χ2v) is 13.9. The topological polar surface area (TPSA) is 57.5 Å². The summed E-state index contributed by atoms with van der Waals surface area (Å²) in [6, 6.07) is 0. The van der Waals surface area contributed by atoms with E-state index in [4.69, 9.17) is 0 Å². The SMILES string of the molecule is C[C@H](CC[C@H](O)C(C)(C)O)[C@H]1CC[C@@]2(C)C3=CCC4C(C)(C)C(=O)CC[C@]4(C)C3=CC[C@]12C. The van der Waals surface area contributed by atoms with E-state index >= 15 is 0 Å². The molecule has 4 aliphatic carbocycles. The van der Waals surface area contributed by atoms with E-state index in [1.807, 2.05) is 0 Å². The van der Waals surface area contributed by atoms with Crippen molar-refractivity contribution in [3.8, 4) is 0 Å². The molecular weight excluding hydrogens is 408 g/mol. The van der Waals surface area contributed by atoms with Gasteiger partial charge in [0.2, 0.25) is 0 Å². The summed E-state index contributed by atoms with van der Waals surface area (Å²) in [6.07, 6.45) is 12.3. The van der Waals surface area contributed by atoms with Crippen LogP contribution in [0.1, 0.15) is 107 Å². The number of carbonyl (C=O) groups is 1. The number of rotatable bonds is 5. The molecule has 0 aromatic heterocycles. The largest absolute Gasteiger partial charge is 0.390 e. The first-order valence-electron chi connectivity index (χ1n) is 13.4. The third kappa shape index (κ3) is 3.54. The second-order valence-electron chi connectivity index (χ2n) is 13.9. The molecule has 0 bridgehead atoms. The lowest BCUT2D eigenvalue weighted by molar-refractivity contribution is -0.138. The Labute approximate surface area is 202 Å². The molecule has 0 aliphatic heterocycles. The van der Waals surface area contributed by atoms with Gasteiger partial charge in [-0.15, -0.1) is 0 Å². The molecule has 0 heterocycles. The standard InChI is InChI=1S/C30H48O3/c1-19(9-12-25(32)27(4,5)33)20-13-17-30(8)22-10-11-23-26(2,3)24(31)15-16-28(23,6)21(22)14-18-29(20,30)7/h10,14,19-20,23,25,32-33H,9,11-13,15-18H2,1-8H3/t19-,20-,23?,25+,28-,29-,30+/m1/s1. The normalized spacial score (nSPS) is 41.9. The van der Waals surface area contributed by atoms with Crippen molar-refractivity contribution in [1.29, 1.82) is 0 Å². The lowest BCUT2D eigenvalue weighted by atomic mass is 9.44. The minimum atomic E-state index is -1.04. The Kier molecular flexibility index (Phi) is 5.94. The number of hydrogen-bond acceptors (Lipinski definition) is 3. The van der Waals surface area contributed by atoms with E-state index in [2.05, 4.69) is 53.7 Å². The molecule has 4 aliphatic rings. The zero-order valence-electron chi connectivity index (χ0n) is 22.4. The van der Waals surface area contributed by atoms with Crippen LogP contribution < -0.4 is 0 Å². The van der Waals surface area contributed by atoms with Crippen LogP contribution in [0.15, 0.2) is 23.3 Å². The summed E-state index contributed by atoms with van der Waals surface area (Å²) in [5.41, 5.74) is 2.36. The van der Waals surface area contributed by atoms with Crippen molar-refractivity contribution in [2.45, 2.75) is 118 Å². The maximum absolute atomic E-state index is 12.8. The third-order valence-corrected chi connectivity index (χ3v) is 11.5. The number of aliphatic hydroxyl groups is 2. The Bertz CT molecular complexity index is 873. The van der Waals surface area contributed by atoms with Gasteiger partial charge >= 0.3 is 0 Å². The van der Waals surface area contributed by atoms with Gasteiger partial charge in [0.15, 0.2) is 0 Å². The van der Waals surface area contributed by atoms with E-state index in [9.17, 15) is 15.0 Å². The second kappa shape index (κ2) is 7.79. The van der Waals surface area contributed by atoms with Gasteiger partial charge in [-0.1, -0.05) is 53.7 Å². The average molecular weight is 457 g/mol. The highest BCUT2D eigenvalue weighted by Gasteiger charge is 2.63. The molecule has 2 N–H and O–H groups in total. The molecule has 0 saturated heterocycles. The Morgan fingerprint density at radius 3 is 2.36 bits per heavy atom. The third-order valence-electron chi connectivity index (χ3n) is 11.5. The molecule has 0 spiro atoms. The molecule has 7 atom stereocenters. The van der Waals surface area contributed by atoms with E-state index < -0.39 is 11.7 Å². The first-order valence-corrected chi connectivity index (χ1v) is 13.4. The van der Waals surface area contributed by atoms with Crippen molar-refractivity contribution in [3.05, 3.63) is 23.3 Å². The highest BCUT2D eigenvalue weighted by atomic mass is 16.3. The zero-order valence-corrected chi connectivity index (χ0v) is 22.4. The molecule has 4 rings (SSSR count). The van der Waals surface area contributed by atoms with Crippen LogP contribution in [-0.4, -0.2) is 27.7 Å². The van der Waals surface area contributed by atoms with Gasteiger partial charge in [-0.05, 0) is 104 Å². The van der Waals surface area contributed by atoms with Crippen LogP contribution in [0.5, 0.6) is 0 Å². The molecule has 1 unspecified atom stereocenters. The van der Waals surface area contributed by atoms with Gasteiger partial charge in [0, 0.05) is 11.8 Å². The zero-order chi connectivity index (χ0) is 24.6. The van der Waals surface area contributed by atoms with Gasteiger partial charge in [0.25, 0.3) is 0 Å². The molecule has 3 nitrogen and oxygen atoms in total. The van der Waals surface area contributed by atoms with Crippen LogP contribution in [-0.2, 0) is 4.79 Å². The van der Waals surface area contributed by atoms with Crippen molar-refractivity contribution in [1.82, 2.24) is 0 Å². The summed E-state index contributed by atoms with van der Waals surface area (Å²) < 4.78 is 0. The highest BCUT2D eigenvalue weighted by Crippen LogP contribution is 2.71. The molecule has 2 saturated carbocycles. The van der Waals surface area contributed by atoms with Crippen molar-refractivity contribution in [3.63, 3.8) is 0 Å². The Balaban J connectivity index is 1.62. The summed E-state index contributed by atoms with van der Waals surface area (Å²) in [5, 5.41) is 20.5. The first-order chi connectivity index (χ1) is 15.1. The van der Waals surface area contributed by atoms with Crippen molar-refractivity contribution in [2.75, 3.05) is 0 Å². The molecule has 0 amide bonds. The molecule has 186 valence electrons. The van der Waals surface area contributed by atoms with Gasteiger partial charge < -0.3 is 10.2 Å². The molecule has 0 aromatic rings. The lowest BCUT2D eigenvalue weighted by Gasteiger charge is -2.59.